The molecule has 2 fully saturated rings. The van der Waals surface area contributed by atoms with Crippen molar-refractivity contribution in [3.8, 4) is 0 Å². The molecule has 1 saturated carbocycles. The summed E-state index contributed by atoms with van der Waals surface area (Å²) in [4.78, 5) is 27.4. The highest BCUT2D eigenvalue weighted by molar-refractivity contribution is 5.89. The van der Waals surface area contributed by atoms with E-state index in [1.54, 1.807) is 0 Å². The summed E-state index contributed by atoms with van der Waals surface area (Å²) in [6, 6.07) is 0. The number of carbonyl (C=O) groups is 2. The van der Waals surface area contributed by atoms with E-state index >= 15 is 0 Å². The highest BCUT2D eigenvalue weighted by Crippen LogP contribution is 2.58. The van der Waals surface area contributed by atoms with Crippen molar-refractivity contribution in [1.29, 1.82) is 0 Å². The Labute approximate surface area is 105 Å². The molecule has 2 amide bonds. The number of hydrogen-bond donors (Lipinski definition) is 3. The summed E-state index contributed by atoms with van der Waals surface area (Å²) >= 11 is 0. The first-order valence-electron chi connectivity index (χ1n) is 5.93. The lowest BCUT2D eigenvalue weighted by Gasteiger charge is -2.60. The minimum Gasteiger partial charge on any atom is -0.377 e. The smallest absolute Gasteiger partial charge is 0.264 e. The van der Waals surface area contributed by atoms with E-state index in [9.17, 15) is 9.59 Å². The van der Waals surface area contributed by atoms with Crippen LogP contribution in [0.1, 0.15) is 20.3 Å². The van der Waals surface area contributed by atoms with E-state index < -0.39 is 22.8 Å². The van der Waals surface area contributed by atoms with Crippen molar-refractivity contribution in [3.63, 3.8) is 0 Å². The number of fused-ring (bicyclic) bond motifs is 1. The van der Waals surface area contributed by atoms with Gasteiger partial charge in [-0.2, -0.15) is 0 Å². The number of nitrogens with two attached hydrogens (primary N) is 2. The lowest BCUT2D eigenvalue weighted by atomic mass is 9.48. The zero-order valence-corrected chi connectivity index (χ0v) is 10.6. The predicted molar refractivity (Wildman–Crippen MR) is 61.8 cm³/mol. The van der Waals surface area contributed by atoms with Crippen molar-refractivity contribution in [2.45, 2.75) is 31.9 Å². The molecule has 18 heavy (non-hydrogen) atoms. The molecule has 0 spiro atoms. The van der Waals surface area contributed by atoms with Crippen LogP contribution < -0.4 is 16.9 Å². The van der Waals surface area contributed by atoms with Crippen molar-refractivity contribution < 1.29 is 19.2 Å². The van der Waals surface area contributed by atoms with Crippen molar-refractivity contribution >= 4 is 11.8 Å². The molecule has 7 nitrogen and oxygen atoms in total. The molecule has 2 rings (SSSR count). The maximum absolute atomic E-state index is 12.1. The van der Waals surface area contributed by atoms with Crippen LogP contribution in [0.5, 0.6) is 0 Å². The number of ether oxygens (including phenoxy) is 1. The van der Waals surface area contributed by atoms with Crippen LogP contribution in [0.3, 0.4) is 0 Å². The second-order valence-corrected chi connectivity index (χ2v) is 5.46. The minimum atomic E-state index is -1.04. The Hall–Kier alpha value is -1.18. The Balaban J connectivity index is 2.02. The maximum Gasteiger partial charge on any atom is 0.264 e. The van der Waals surface area contributed by atoms with E-state index in [2.05, 4.69) is 5.48 Å². The number of primary amides is 1. The third kappa shape index (κ3) is 1.62. The average molecular weight is 257 g/mol. The van der Waals surface area contributed by atoms with E-state index in [4.69, 9.17) is 21.0 Å². The first kappa shape index (κ1) is 13.3. The molecular weight excluding hydrogens is 238 g/mol. The number of nitrogens with one attached hydrogen (secondary N) is 1. The fraction of sp³-hybridized carbons (Fsp3) is 0.818. The zero-order valence-electron chi connectivity index (χ0n) is 10.6. The van der Waals surface area contributed by atoms with Gasteiger partial charge >= 0.3 is 0 Å². The van der Waals surface area contributed by atoms with E-state index in [1.165, 1.54) is 0 Å². The Morgan fingerprint density at radius 3 is 2.78 bits per heavy atom. The van der Waals surface area contributed by atoms with Gasteiger partial charge in [-0.15, -0.1) is 0 Å². The summed E-state index contributed by atoms with van der Waals surface area (Å²) in [5, 5.41) is 0. The van der Waals surface area contributed by atoms with Gasteiger partial charge in [0.25, 0.3) is 5.91 Å². The van der Waals surface area contributed by atoms with Crippen LogP contribution in [0.2, 0.25) is 0 Å². The normalized spacial score (nSPS) is 36.6. The Kier molecular flexibility index (Phi) is 3.08. The average Bonchev–Trinajstić information content (AvgIpc) is 2.74. The lowest BCUT2D eigenvalue weighted by molar-refractivity contribution is -0.184. The quantitative estimate of drug-likeness (QED) is 0.539. The van der Waals surface area contributed by atoms with Gasteiger partial charge in [-0.3, -0.25) is 14.4 Å². The van der Waals surface area contributed by atoms with Gasteiger partial charge in [0, 0.05) is 17.9 Å². The molecule has 0 aromatic heterocycles. The van der Waals surface area contributed by atoms with Crippen LogP contribution >= 0.6 is 0 Å². The van der Waals surface area contributed by atoms with Gasteiger partial charge < -0.3 is 16.2 Å². The minimum absolute atomic E-state index is 0.00407. The molecule has 0 radical (unpaired) electrons. The van der Waals surface area contributed by atoms with E-state index in [1.807, 2.05) is 13.8 Å². The summed E-state index contributed by atoms with van der Waals surface area (Å²) < 4.78 is 5.58. The second kappa shape index (κ2) is 4.18. The van der Waals surface area contributed by atoms with Gasteiger partial charge in [0.2, 0.25) is 5.91 Å². The van der Waals surface area contributed by atoms with Crippen molar-refractivity contribution in [2.75, 3.05) is 13.2 Å². The largest absolute Gasteiger partial charge is 0.377 e. The number of hydroxylamine groups is 1. The SMILES string of the molecule is CC1(C)C2OCCC2C1(N)C(=O)NOCC(N)=O. The highest BCUT2D eigenvalue weighted by atomic mass is 16.7. The molecule has 102 valence electrons. The molecule has 2 aliphatic rings. The van der Waals surface area contributed by atoms with E-state index in [0.29, 0.717) is 6.61 Å². The molecular formula is C11H19N3O4. The summed E-state index contributed by atoms with van der Waals surface area (Å²) in [5.74, 6) is -1.10. The molecule has 1 heterocycles. The molecule has 7 heteroatoms. The molecule has 1 aliphatic carbocycles. The van der Waals surface area contributed by atoms with Crippen LogP contribution in [0.15, 0.2) is 0 Å². The van der Waals surface area contributed by atoms with Crippen LogP contribution in [-0.2, 0) is 19.2 Å². The summed E-state index contributed by atoms with van der Waals surface area (Å²) in [6.07, 6.45) is 0.762. The fourth-order valence-corrected chi connectivity index (χ4v) is 3.10. The van der Waals surface area contributed by atoms with Gasteiger partial charge in [-0.1, -0.05) is 13.8 Å². The molecule has 3 atom stereocenters. The van der Waals surface area contributed by atoms with Gasteiger partial charge in [0.1, 0.15) is 5.54 Å². The first-order chi connectivity index (χ1) is 8.31. The number of hydrogen-bond acceptors (Lipinski definition) is 5. The topological polar surface area (TPSA) is 117 Å². The molecule has 0 bridgehead atoms. The third-order valence-electron chi connectivity index (χ3n) is 4.21. The highest BCUT2D eigenvalue weighted by Gasteiger charge is 2.71. The van der Waals surface area contributed by atoms with Crippen LogP contribution in [0.4, 0.5) is 0 Å². The first-order valence-corrected chi connectivity index (χ1v) is 5.93. The van der Waals surface area contributed by atoms with Gasteiger partial charge in [-0.05, 0) is 6.42 Å². The summed E-state index contributed by atoms with van der Waals surface area (Å²) in [5.41, 5.74) is 11.8. The Bertz CT molecular complexity index is 384. The fourth-order valence-electron chi connectivity index (χ4n) is 3.10. The van der Waals surface area contributed by atoms with Crippen LogP contribution in [0, 0.1) is 11.3 Å². The molecule has 1 aliphatic heterocycles. The lowest BCUT2D eigenvalue weighted by Crippen LogP contribution is -2.80. The number of amides is 2. The van der Waals surface area contributed by atoms with E-state index in [-0.39, 0.29) is 18.6 Å². The van der Waals surface area contributed by atoms with E-state index in [0.717, 1.165) is 6.42 Å². The van der Waals surface area contributed by atoms with Crippen LogP contribution in [-0.4, -0.2) is 36.7 Å². The summed E-state index contributed by atoms with van der Waals surface area (Å²) in [7, 11) is 0. The van der Waals surface area contributed by atoms with Crippen molar-refractivity contribution in [1.82, 2.24) is 5.48 Å². The predicted octanol–water partition coefficient (Wildman–Crippen LogP) is -1.34. The maximum atomic E-state index is 12.1. The standard InChI is InChI=1S/C11H19N3O4/c1-10(2)8-6(3-4-17-8)11(10,13)9(16)14-18-5-7(12)15/h6,8H,3-5,13H2,1-2H3,(H2,12,15)(H,14,16). The molecule has 1 saturated heterocycles. The molecule has 0 aromatic rings. The van der Waals surface area contributed by atoms with Gasteiger partial charge in [-0.25, -0.2) is 5.48 Å². The third-order valence-corrected chi connectivity index (χ3v) is 4.21. The Morgan fingerprint density at radius 2 is 2.17 bits per heavy atom. The van der Waals surface area contributed by atoms with Crippen molar-refractivity contribution in [3.05, 3.63) is 0 Å². The van der Waals surface area contributed by atoms with Crippen LogP contribution in [0.25, 0.3) is 0 Å². The molecule has 3 unspecified atom stereocenters. The number of rotatable bonds is 4. The summed E-state index contributed by atoms with van der Waals surface area (Å²) in [6.45, 7) is 4.04. The number of carbonyl (C=O) groups excluding carboxylic acids is 2. The van der Waals surface area contributed by atoms with Gasteiger partial charge in [0.05, 0.1) is 6.10 Å². The zero-order chi connectivity index (χ0) is 13.6. The van der Waals surface area contributed by atoms with Crippen molar-refractivity contribution in [2.24, 2.45) is 22.8 Å². The second-order valence-electron chi connectivity index (χ2n) is 5.46. The van der Waals surface area contributed by atoms with Gasteiger partial charge in [0.15, 0.2) is 6.61 Å². The monoisotopic (exact) mass is 257 g/mol. The Morgan fingerprint density at radius 1 is 1.50 bits per heavy atom. The molecule has 0 aromatic carbocycles. The molecule has 5 N–H and O–H groups in total.